The number of hydrogen-bond donors (Lipinski definition) is 2. The Morgan fingerprint density at radius 3 is 3.07 bits per heavy atom. The van der Waals surface area contributed by atoms with E-state index in [1.54, 1.807) is 12.3 Å². The van der Waals surface area contributed by atoms with E-state index < -0.39 is 12.0 Å². The van der Waals surface area contributed by atoms with Crippen LogP contribution in [0.4, 0.5) is 0 Å². The minimum atomic E-state index is -0.895. The molecule has 0 aromatic carbocycles. The SMILES string of the molecule is CSc1ncccc1C(N)CC(=O)O. The molecule has 1 unspecified atom stereocenters. The summed E-state index contributed by atoms with van der Waals surface area (Å²) in [6.45, 7) is 0. The van der Waals surface area contributed by atoms with E-state index in [9.17, 15) is 4.79 Å². The normalized spacial score (nSPS) is 12.4. The number of carboxylic acid groups (broad SMARTS) is 1. The Morgan fingerprint density at radius 2 is 2.50 bits per heavy atom. The van der Waals surface area contributed by atoms with Crippen LogP contribution in [-0.2, 0) is 4.79 Å². The Kier molecular flexibility index (Phi) is 3.91. The molecule has 1 heterocycles. The maximum Gasteiger partial charge on any atom is 0.305 e. The molecule has 1 atom stereocenters. The molecule has 0 amide bonds. The number of rotatable bonds is 4. The van der Waals surface area contributed by atoms with Crippen LogP contribution in [0, 0.1) is 0 Å². The fraction of sp³-hybridized carbons (Fsp3) is 0.333. The maximum atomic E-state index is 10.5. The molecule has 1 aromatic rings. The number of aliphatic carboxylic acids is 1. The van der Waals surface area contributed by atoms with Gasteiger partial charge in [-0.25, -0.2) is 4.98 Å². The van der Waals surface area contributed by atoms with Gasteiger partial charge in [-0.05, 0) is 12.3 Å². The van der Waals surface area contributed by atoms with Crippen molar-refractivity contribution in [2.45, 2.75) is 17.5 Å². The number of thioether (sulfide) groups is 1. The minimum Gasteiger partial charge on any atom is -0.481 e. The van der Waals surface area contributed by atoms with Crippen molar-refractivity contribution >= 4 is 17.7 Å². The zero-order valence-electron chi connectivity index (χ0n) is 7.80. The van der Waals surface area contributed by atoms with Crippen molar-refractivity contribution < 1.29 is 9.90 Å². The third-order valence-electron chi connectivity index (χ3n) is 1.79. The van der Waals surface area contributed by atoms with Gasteiger partial charge in [0.1, 0.15) is 5.03 Å². The van der Waals surface area contributed by atoms with Gasteiger partial charge >= 0.3 is 5.97 Å². The van der Waals surface area contributed by atoms with E-state index in [0.717, 1.165) is 10.6 Å². The Labute approximate surface area is 86.5 Å². The first-order valence-corrected chi connectivity index (χ1v) is 5.34. The van der Waals surface area contributed by atoms with Gasteiger partial charge in [0.05, 0.1) is 6.42 Å². The van der Waals surface area contributed by atoms with Crippen molar-refractivity contribution in [3.63, 3.8) is 0 Å². The fourth-order valence-electron chi connectivity index (χ4n) is 1.15. The highest BCUT2D eigenvalue weighted by Crippen LogP contribution is 2.23. The number of pyridine rings is 1. The Morgan fingerprint density at radius 1 is 1.79 bits per heavy atom. The highest BCUT2D eigenvalue weighted by Gasteiger charge is 2.14. The predicted octanol–water partition coefficient (Wildman–Crippen LogP) is 1.28. The first-order valence-electron chi connectivity index (χ1n) is 4.11. The second-order valence-electron chi connectivity index (χ2n) is 2.81. The van der Waals surface area contributed by atoms with Crippen LogP contribution in [0.15, 0.2) is 23.4 Å². The first kappa shape index (κ1) is 11.0. The molecular formula is C9H12N2O2S. The van der Waals surface area contributed by atoms with Crippen LogP contribution in [0.2, 0.25) is 0 Å². The monoisotopic (exact) mass is 212 g/mol. The Bertz CT molecular complexity index is 330. The molecule has 0 saturated carbocycles. The summed E-state index contributed by atoms with van der Waals surface area (Å²) in [5.74, 6) is -0.895. The molecule has 0 fully saturated rings. The van der Waals surface area contributed by atoms with Gasteiger partial charge < -0.3 is 10.8 Å². The molecule has 76 valence electrons. The summed E-state index contributed by atoms with van der Waals surface area (Å²) < 4.78 is 0. The number of aromatic nitrogens is 1. The van der Waals surface area contributed by atoms with Crippen LogP contribution in [0.25, 0.3) is 0 Å². The largest absolute Gasteiger partial charge is 0.481 e. The quantitative estimate of drug-likeness (QED) is 0.735. The molecule has 0 bridgehead atoms. The van der Waals surface area contributed by atoms with Crippen LogP contribution in [0.5, 0.6) is 0 Å². The number of nitrogens with zero attached hydrogens (tertiary/aromatic N) is 1. The van der Waals surface area contributed by atoms with Gasteiger partial charge in [-0.15, -0.1) is 11.8 Å². The van der Waals surface area contributed by atoms with E-state index in [-0.39, 0.29) is 6.42 Å². The van der Waals surface area contributed by atoms with Crippen molar-refractivity contribution in [1.82, 2.24) is 4.98 Å². The number of carboxylic acids is 1. The molecule has 14 heavy (non-hydrogen) atoms. The van der Waals surface area contributed by atoms with Crippen molar-refractivity contribution in [2.24, 2.45) is 5.73 Å². The molecular weight excluding hydrogens is 200 g/mol. The third-order valence-corrected chi connectivity index (χ3v) is 2.52. The van der Waals surface area contributed by atoms with E-state index in [4.69, 9.17) is 10.8 Å². The topological polar surface area (TPSA) is 76.2 Å². The molecule has 3 N–H and O–H groups in total. The van der Waals surface area contributed by atoms with Crippen LogP contribution < -0.4 is 5.73 Å². The lowest BCUT2D eigenvalue weighted by Gasteiger charge is -2.11. The molecule has 0 aliphatic carbocycles. The lowest BCUT2D eigenvalue weighted by atomic mass is 10.1. The van der Waals surface area contributed by atoms with E-state index in [2.05, 4.69) is 4.98 Å². The van der Waals surface area contributed by atoms with Crippen LogP contribution in [0.1, 0.15) is 18.0 Å². The summed E-state index contributed by atoms with van der Waals surface area (Å²) in [7, 11) is 0. The molecule has 0 saturated heterocycles. The molecule has 0 aliphatic rings. The van der Waals surface area contributed by atoms with Gasteiger partial charge in [-0.2, -0.15) is 0 Å². The molecule has 0 aliphatic heterocycles. The molecule has 1 rings (SSSR count). The second kappa shape index (κ2) is 4.97. The third kappa shape index (κ3) is 2.71. The van der Waals surface area contributed by atoms with Crippen molar-refractivity contribution in [3.05, 3.63) is 23.9 Å². The molecule has 1 aromatic heterocycles. The second-order valence-corrected chi connectivity index (χ2v) is 3.60. The van der Waals surface area contributed by atoms with Gasteiger partial charge in [0.15, 0.2) is 0 Å². The fourth-order valence-corrected chi connectivity index (χ4v) is 1.78. The number of nitrogens with two attached hydrogens (primary N) is 1. The highest BCUT2D eigenvalue weighted by molar-refractivity contribution is 7.98. The van der Waals surface area contributed by atoms with Gasteiger partial charge in [-0.1, -0.05) is 6.07 Å². The number of hydrogen-bond acceptors (Lipinski definition) is 4. The summed E-state index contributed by atoms with van der Waals surface area (Å²) in [4.78, 5) is 14.6. The summed E-state index contributed by atoms with van der Waals surface area (Å²) in [6, 6.07) is 3.09. The summed E-state index contributed by atoms with van der Waals surface area (Å²) in [5.41, 5.74) is 6.53. The van der Waals surface area contributed by atoms with Crippen LogP contribution in [-0.4, -0.2) is 22.3 Å². The average molecular weight is 212 g/mol. The van der Waals surface area contributed by atoms with Gasteiger partial charge in [-0.3, -0.25) is 4.79 Å². The highest BCUT2D eigenvalue weighted by atomic mass is 32.2. The van der Waals surface area contributed by atoms with E-state index in [1.165, 1.54) is 11.8 Å². The van der Waals surface area contributed by atoms with Gasteiger partial charge in [0, 0.05) is 17.8 Å². The van der Waals surface area contributed by atoms with Crippen LogP contribution >= 0.6 is 11.8 Å². The van der Waals surface area contributed by atoms with E-state index in [0.29, 0.717) is 0 Å². The van der Waals surface area contributed by atoms with Crippen molar-refractivity contribution in [1.29, 1.82) is 0 Å². The summed E-state index contributed by atoms with van der Waals surface area (Å²) in [6.07, 6.45) is 3.49. The maximum absolute atomic E-state index is 10.5. The zero-order chi connectivity index (χ0) is 10.6. The van der Waals surface area contributed by atoms with Gasteiger partial charge in [0.2, 0.25) is 0 Å². The number of carbonyl (C=O) groups is 1. The molecule has 0 radical (unpaired) electrons. The zero-order valence-corrected chi connectivity index (χ0v) is 8.62. The van der Waals surface area contributed by atoms with Gasteiger partial charge in [0.25, 0.3) is 0 Å². The smallest absolute Gasteiger partial charge is 0.305 e. The predicted molar refractivity (Wildman–Crippen MR) is 55.2 cm³/mol. The first-order chi connectivity index (χ1) is 6.65. The Balaban J connectivity index is 2.87. The molecule has 4 nitrogen and oxygen atoms in total. The average Bonchev–Trinajstić information content (AvgIpc) is 2.16. The van der Waals surface area contributed by atoms with Crippen molar-refractivity contribution in [2.75, 3.05) is 6.26 Å². The summed E-state index contributed by atoms with van der Waals surface area (Å²) in [5, 5.41) is 9.39. The lowest BCUT2D eigenvalue weighted by molar-refractivity contribution is -0.137. The summed E-state index contributed by atoms with van der Waals surface area (Å²) >= 11 is 1.47. The minimum absolute atomic E-state index is 0.0702. The van der Waals surface area contributed by atoms with E-state index >= 15 is 0 Å². The lowest BCUT2D eigenvalue weighted by Crippen LogP contribution is -2.16. The van der Waals surface area contributed by atoms with Crippen molar-refractivity contribution in [3.8, 4) is 0 Å². The Hall–Kier alpha value is -1.07. The molecule has 5 heteroatoms. The standard InChI is InChI=1S/C9H12N2O2S/c1-14-9-6(3-2-4-11-9)7(10)5-8(12)13/h2-4,7H,5,10H2,1H3,(H,12,13). The molecule has 0 spiro atoms. The van der Waals surface area contributed by atoms with E-state index in [1.807, 2.05) is 12.3 Å². The van der Waals surface area contributed by atoms with Crippen LogP contribution in [0.3, 0.4) is 0 Å².